The van der Waals surface area contributed by atoms with Gasteiger partial charge >= 0.3 is 5.76 Å². The van der Waals surface area contributed by atoms with E-state index in [-0.39, 0.29) is 5.92 Å². The van der Waals surface area contributed by atoms with E-state index in [0.717, 1.165) is 6.42 Å². The van der Waals surface area contributed by atoms with E-state index in [4.69, 9.17) is 0 Å². The Labute approximate surface area is 79.6 Å². The minimum absolute atomic E-state index is 0.206. The third kappa shape index (κ3) is 0.937. The highest BCUT2D eigenvalue weighted by atomic mass is 16.5. The second-order valence-corrected chi connectivity index (χ2v) is 3.44. The molecule has 1 aromatic heterocycles. The lowest BCUT2D eigenvalue weighted by atomic mass is 9.77. The lowest BCUT2D eigenvalue weighted by Crippen LogP contribution is -2.19. The minimum Gasteiger partial charge on any atom is -0.296 e. The van der Waals surface area contributed by atoms with Crippen LogP contribution in [0.1, 0.15) is 22.9 Å². The Hall–Kier alpha value is -1.84. The number of fused-ring (bicyclic) bond motifs is 1. The van der Waals surface area contributed by atoms with Crippen LogP contribution < -0.4 is 5.76 Å². The molecule has 1 aliphatic rings. The zero-order chi connectivity index (χ0) is 9.54. The Morgan fingerprint density at radius 3 is 3.00 bits per heavy atom. The number of nitrogens with one attached hydrogen (secondary N) is 1. The van der Waals surface area contributed by atoms with E-state index < -0.39 is 5.76 Å². The van der Waals surface area contributed by atoms with Crippen LogP contribution in [0.3, 0.4) is 0 Å². The predicted octanol–water partition coefficient (Wildman–Crippen LogP) is 1.05. The molecule has 1 atom stereocenters. The number of hydrogen-bond donors (Lipinski definition) is 1. The van der Waals surface area contributed by atoms with E-state index in [1.165, 1.54) is 11.1 Å². The fourth-order valence-corrected chi connectivity index (χ4v) is 1.89. The molecule has 1 aliphatic carbocycles. The average Bonchev–Trinajstić information content (AvgIpc) is 2.54. The summed E-state index contributed by atoms with van der Waals surface area (Å²) in [5.41, 5.74) is 2.55. The first-order chi connectivity index (χ1) is 6.84. The first-order valence-electron chi connectivity index (χ1n) is 4.48. The fraction of sp³-hybridized carbons (Fsp3) is 0.200. The van der Waals surface area contributed by atoms with Gasteiger partial charge in [-0.25, -0.2) is 4.79 Å². The summed E-state index contributed by atoms with van der Waals surface area (Å²) >= 11 is 0. The van der Waals surface area contributed by atoms with Crippen LogP contribution in [0.2, 0.25) is 0 Å². The molecular weight excluding hydrogens is 180 g/mol. The summed E-state index contributed by atoms with van der Waals surface area (Å²) in [6.45, 7) is 0. The van der Waals surface area contributed by atoms with E-state index in [1.54, 1.807) is 0 Å². The van der Waals surface area contributed by atoms with Gasteiger partial charge in [-0.3, -0.25) is 9.51 Å². The van der Waals surface area contributed by atoms with Gasteiger partial charge in [-0.2, -0.15) is 0 Å². The summed E-state index contributed by atoms with van der Waals surface area (Å²) in [6.07, 6.45) is 0.929. The van der Waals surface area contributed by atoms with Crippen molar-refractivity contribution in [1.29, 1.82) is 0 Å². The van der Waals surface area contributed by atoms with Gasteiger partial charge in [0.2, 0.25) is 0 Å². The Morgan fingerprint density at radius 2 is 2.29 bits per heavy atom. The molecule has 4 heteroatoms. The van der Waals surface area contributed by atoms with Crippen molar-refractivity contribution < 1.29 is 4.52 Å². The van der Waals surface area contributed by atoms with Gasteiger partial charge in [-0.1, -0.05) is 29.4 Å². The second-order valence-electron chi connectivity index (χ2n) is 3.44. The summed E-state index contributed by atoms with van der Waals surface area (Å²) in [5, 5.41) is 3.69. The van der Waals surface area contributed by atoms with Crippen LogP contribution in [0, 0.1) is 0 Å². The Kier molecular flexibility index (Phi) is 1.39. The van der Waals surface area contributed by atoms with E-state index in [1.807, 2.05) is 12.1 Å². The van der Waals surface area contributed by atoms with Gasteiger partial charge in [-0.05, 0) is 17.5 Å². The van der Waals surface area contributed by atoms with Gasteiger partial charge in [0.25, 0.3) is 0 Å². The standard InChI is InChI=1S/C10H8N2O2/c13-10-11-9(12-14-10)8-5-6-3-1-2-4-7(6)8/h1-4,8H,5H2,(H,11,12,13). The van der Waals surface area contributed by atoms with Gasteiger partial charge in [0, 0.05) is 0 Å². The van der Waals surface area contributed by atoms with Crippen molar-refractivity contribution in [3.05, 3.63) is 51.8 Å². The number of hydrogen-bond acceptors (Lipinski definition) is 3. The van der Waals surface area contributed by atoms with Gasteiger partial charge < -0.3 is 0 Å². The highest BCUT2D eigenvalue weighted by Crippen LogP contribution is 2.37. The molecule has 0 aliphatic heterocycles. The maximum absolute atomic E-state index is 10.8. The first kappa shape index (κ1) is 7.55. The van der Waals surface area contributed by atoms with Crippen LogP contribution in [-0.2, 0) is 6.42 Å². The van der Waals surface area contributed by atoms with Crippen molar-refractivity contribution in [3.8, 4) is 0 Å². The number of aromatic nitrogens is 2. The molecule has 0 amide bonds. The van der Waals surface area contributed by atoms with Gasteiger partial charge in [0.1, 0.15) is 0 Å². The number of H-pyrrole nitrogens is 1. The van der Waals surface area contributed by atoms with Crippen LogP contribution in [-0.4, -0.2) is 10.1 Å². The highest BCUT2D eigenvalue weighted by Gasteiger charge is 2.29. The van der Waals surface area contributed by atoms with Crippen molar-refractivity contribution in [3.63, 3.8) is 0 Å². The van der Waals surface area contributed by atoms with Crippen molar-refractivity contribution in [1.82, 2.24) is 10.1 Å². The third-order valence-corrected chi connectivity index (χ3v) is 2.64. The molecule has 70 valence electrons. The Morgan fingerprint density at radius 1 is 1.43 bits per heavy atom. The maximum atomic E-state index is 10.8. The van der Waals surface area contributed by atoms with Crippen LogP contribution in [0.5, 0.6) is 0 Å². The van der Waals surface area contributed by atoms with Crippen molar-refractivity contribution in [2.24, 2.45) is 0 Å². The van der Waals surface area contributed by atoms with Crippen LogP contribution in [0.15, 0.2) is 33.6 Å². The lowest BCUT2D eigenvalue weighted by molar-refractivity contribution is 0.377. The molecule has 2 aromatic rings. The normalized spacial score (nSPS) is 18.7. The van der Waals surface area contributed by atoms with E-state index in [2.05, 4.69) is 26.8 Å². The smallest absolute Gasteiger partial charge is 0.296 e. The van der Waals surface area contributed by atoms with Gasteiger partial charge in [0.05, 0.1) is 5.92 Å². The maximum Gasteiger partial charge on any atom is 0.438 e. The number of benzene rings is 1. The number of nitrogens with zero attached hydrogens (tertiary/aromatic N) is 1. The van der Waals surface area contributed by atoms with Crippen molar-refractivity contribution in [2.45, 2.75) is 12.3 Å². The molecule has 0 bridgehead atoms. The van der Waals surface area contributed by atoms with E-state index in [9.17, 15) is 4.79 Å². The zero-order valence-electron chi connectivity index (χ0n) is 7.36. The highest BCUT2D eigenvalue weighted by molar-refractivity contribution is 5.43. The summed E-state index contributed by atoms with van der Waals surface area (Å²) in [5.74, 6) is 0.357. The molecule has 1 N–H and O–H groups in total. The largest absolute Gasteiger partial charge is 0.438 e. The van der Waals surface area contributed by atoms with Gasteiger partial charge in [-0.15, -0.1) is 0 Å². The molecule has 0 saturated heterocycles. The molecule has 0 radical (unpaired) electrons. The van der Waals surface area contributed by atoms with Crippen LogP contribution in [0.25, 0.3) is 0 Å². The summed E-state index contributed by atoms with van der Waals surface area (Å²) in [7, 11) is 0. The Bertz CT molecular complexity index is 527. The summed E-state index contributed by atoms with van der Waals surface area (Å²) in [4.78, 5) is 13.3. The van der Waals surface area contributed by atoms with Crippen LogP contribution >= 0.6 is 0 Å². The molecule has 0 spiro atoms. The minimum atomic E-state index is -0.482. The van der Waals surface area contributed by atoms with E-state index >= 15 is 0 Å². The molecule has 1 unspecified atom stereocenters. The fourth-order valence-electron chi connectivity index (χ4n) is 1.89. The summed E-state index contributed by atoms with van der Waals surface area (Å²) in [6, 6.07) is 8.14. The Balaban J connectivity index is 2.03. The first-order valence-corrected chi connectivity index (χ1v) is 4.48. The molecule has 14 heavy (non-hydrogen) atoms. The number of aromatic amines is 1. The summed E-state index contributed by atoms with van der Waals surface area (Å²) < 4.78 is 4.48. The molecule has 4 nitrogen and oxygen atoms in total. The van der Waals surface area contributed by atoms with Gasteiger partial charge in [0.15, 0.2) is 5.82 Å². The third-order valence-electron chi connectivity index (χ3n) is 2.64. The van der Waals surface area contributed by atoms with Crippen molar-refractivity contribution >= 4 is 0 Å². The molecule has 0 fully saturated rings. The SMILES string of the molecule is O=c1[nH]c(C2Cc3ccccc32)no1. The van der Waals surface area contributed by atoms with Crippen molar-refractivity contribution in [2.75, 3.05) is 0 Å². The monoisotopic (exact) mass is 188 g/mol. The molecule has 1 aromatic carbocycles. The zero-order valence-corrected chi connectivity index (χ0v) is 7.36. The molecule has 3 rings (SSSR count). The second kappa shape index (κ2) is 2.57. The topological polar surface area (TPSA) is 58.9 Å². The van der Waals surface area contributed by atoms with E-state index in [0.29, 0.717) is 5.82 Å². The lowest BCUT2D eigenvalue weighted by Gasteiger charge is -2.27. The van der Waals surface area contributed by atoms with Crippen LogP contribution in [0.4, 0.5) is 0 Å². The average molecular weight is 188 g/mol. The molecular formula is C10H8N2O2. The quantitative estimate of drug-likeness (QED) is 0.727. The number of rotatable bonds is 1. The molecule has 0 saturated carbocycles. The molecule has 1 heterocycles. The predicted molar refractivity (Wildman–Crippen MR) is 49.1 cm³/mol.